The van der Waals surface area contributed by atoms with Crippen molar-refractivity contribution in [2.75, 3.05) is 16.8 Å². The first-order valence-electron chi connectivity index (χ1n) is 5.38. The van der Waals surface area contributed by atoms with Crippen LogP contribution in [0.1, 0.15) is 12.1 Å². The van der Waals surface area contributed by atoms with E-state index in [1.54, 1.807) is 13.0 Å². The molecule has 0 spiro atoms. The summed E-state index contributed by atoms with van der Waals surface area (Å²) >= 11 is 5.74. The molecule has 1 aromatic rings. The van der Waals surface area contributed by atoms with Gasteiger partial charge in [-0.05, 0) is 19.4 Å². The van der Waals surface area contributed by atoms with Gasteiger partial charge in [0.05, 0.1) is 17.4 Å². The molecule has 6 nitrogen and oxygen atoms in total. The summed E-state index contributed by atoms with van der Waals surface area (Å²) in [5, 5.41) is 2.73. The van der Waals surface area contributed by atoms with Crippen molar-refractivity contribution in [3.8, 4) is 0 Å². The number of nitrogens with zero attached hydrogens (tertiary/aromatic N) is 2. The highest BCUT2D eigenvalue weighted by Crippen LogP contribution is 2.20. The third-order valence-corrected chi connectivity index (χ3v) is 4.62. The largest absolute Gasteiger partial charge is 0.294 e. The fraction of sp³-hybridized carbons (Fsp3) is 0.500. The number of sulfone groups is 1. The van der Waals surface area contributed by atoms with E-state index in [1.807, 2.05) is 0 Å². The minimum atomic E-state index is -3.08. The molecule has 2 heterocycles. The Morgan fingerprint density at radius 3 is 2.78 bits per heavy atom. The number of carbonyl (C=O) groups is 1. The van der Waals surface area contributed by atoms with Crippen molar-refractivity contribution in [1.29, 1.82) is 0 Å². The molecule has 1 aliphatic heterocycles. The Hall–Kier alpha value is -1.21. The molecule has 1 N–H and O–H groups in total. The molecule has 0 bridgehead atoms. The fourth-order valence-corrected chi connectivity index (χ4v) is 3.78. The van der Waals surface area contributed by atoms with Crippen LogP contribution in [0.5, 0.6) is 0 Å². The Kier molecular flexibility index (Phi) is 3.54. The Morgan fingerprint density at radius 2 is 2.22 bits per heavy atom. The summed E-state index contributed by atoms with van der Waals surface area (Å²) in [6.07, 6.45) is 0.341. The van der Waals surface area contributed by atoms with E-state index < -0.39 is 15.8 Å². The summed E-state index contributed by atoms with van der Waals surface area (Å²) in [7, 11) is -3.08. The van der Waals surface area contributed by atoms with Gasteiger partial charge in [0.25, 0.3) is 0 Å². The van der Waals surface area contributed by atoms with Gasteiger partial charge in [0, 0.05) is 5.69 Å². The molecule has 18 heavy (non-hydrogen) atoms. The molecule has 1 saturated heterocycles. The first kappa shape index (κ1) is 13.2. The Bertz CT molecular complexity index is 568. The maximum Gasteiger partial charge on any atom is 0.231 e. The SMILES string of the molecule is Cc1cc(Cl)nc(NC(=O)C2CCS(=O)(=O)C2)n1. The molecule has 2 rings (SSSR count). The van der Waals surface area contributed by atoms with Crippen LogP contribution in [0.4, 0.5) is 5.95 Å². The van der Waals surface area contributed by atoms with Gasteiger partial charge >= 0.3 is 0 Å². The van der Waals surface area contributed by atoms with Crippen LogP contribution in [-0.4, -0.2) is 35.8 Å². The van der Waals surface area contributed by atoms with Crippen molar-refractivity contribution in [3.05, 3.63) is 16.9 Å². The van der Waals surface area contributed by atoms with E-state index in [0.29, 0.717) is 12.1 Å². The van der Waals surface area contributed by atoms with Crippen molar-refractivity contribution in [2.45, 2.75) is 13.3 Å². The van der Waals surface area contributed by atoms with Crippen molar-refractivity contribution in [3.63, 3.8) is 0 Å². The van der Waals surface area contributed by atoms with Gasteiger partial charge in [-0.1, -0.05) is 11.6 Å². The highest BCUT2D eigenvalue weighted by Gasteiger charge is 2.33. The quantitative estimate of drug-likeness (QED) is 0.814. The number of amides is 1. The van der Waals surface area contributed by atoms with Crippen molar-refractivity contribution in [1.82, 2.24) is 9.97 Å². The summed E-state index contributed by atoms with van der Waals surface area (Å²) in [6.45, 7) is 1.73. The average Bonchev–Trinajstić information content (AvgIpc) is 2.57. The zero-order valence-corrected chi connectivity index (χ0v) is 11.3. The van der Waals surface area contributed by atoms with Crippen LogP contribution in [0.3, 0.4) is 0 Å². The lowest BCUT2D eigenvalue weighted by Gasteiger charge is -2.08. The van der Waals surface area contributed by atoms with Crippen molar-refractivity contribution in [2.24, 2.45) is 5.92 Å². The molecule has 0 aromatic carbocycles. The van der Waals surface area contributed by atoms with Crippen LogP contribution < -0.4 is 5.32 Å². The van der Waals surface area contributed by atoms with Crippen LogP contribution in [0.15, 0.2) is 6.07 Å². The second-order valence-electron chi connectivity index (χ2n) is 4.24. The maximum absolute atomic E-state index is 11.8. The van der Waals surface area contributed by atoms with Gasteiger partial charge in [-0.2, -0.15) is 0 Å². The van der Waals surface area contributed by atoms with E-state index in [-0.39, 0.29) is 28.5 Å². The van der Waals surface area contributed by atoms with E-state index in [4.69, 9.17) is 11.6 Å². The van der Waals surface area contributed by atoms with Crippen LogP contribution in [-0.2, 0) is 14.6 Å². The second-order valence-corrected chi connectivity index (χ2v) is 6.86. The van der Waals surface area contributed by atoms with Gasteiger partial charge in [-0.3, -0.25) is 10.1 Å². The first-order chi connectivity index (χ1) is 8.35. The number of hydrogen-bond donors (Lipinski definition) is 1. The van der Waals surface area contributed by atoms with Crippen LogP contribution in [0, 0.1) is 12.8 Å². The van der Waals surface area contributed by atoms with Gasteiger partial charge in [0.2, 0.25) is 11.9 Å². The molecule has 0 saturated carbocycles. The van der Waals surface area contributed by atoms with E-state index in [9.17, 15) is 13.2 Å². The molecule has 1 amide bonds. The lowest BCUT2D eigenvalue weighted by Crippen LogP contribution is -2.24. The Labute approximate surface area is 110 Å². The van der Waals surface area contributed by atoms with Crippen molar-refractivity contribution < 1.29 is 13.2 Å². The maximum atomic E-state index is 11.8. The number of hydrogen-bond acceptors (Lipinski definition) is 5. The highest BCUT2D eigenvalue weighted by atomic mass is 35.5. The summed E-state index contributed by atoms with van der Waals surface area (Å²) in [4.78, 5) is 19.7. The topological polar surface area (TPSA) is 89.0 Å². The molecular weight excluding hydrogens is 278 g/mol. The fourth-order valence-electron chi connectivity index (χ4n) is 1.80. The van der Waals surface area contributed by atoms with Gasteiger partial charge in [-0.25, -0.2) is 18.4 Å². The van der Waals surface area contributed by atoms with E-state index >= 15 is 0 Å². The molecule has 1 unspecified atom stereocenters. The van der Waals surface area contributed by atoms with Gasteiger partial charge in [-0.15, -0.1) is 0 Å². The van der Waals surface area contributed by atoms with E-state index in [0.717, 1.165) is 0 Å². The lowest BCUT2D eigenvalue weighted by molar-refractivity contribution is -0.119. The second kappa shape index (κ2) is 4.81. The minimum absolute atomic E-state index is 0.0561. The molecule has 1 fully saturated rings. The molecule has 8 heteroatoms. The Morgan fingerprint density at radius 1 is 1.50 bits per heavy atom. The number of rotatable bonds is 2. The molecule has 1 aliphatic rings. The number of carbonyl (C=O) groups excluding carboxylic acids is 1. The molecule has 1 aromatic heterocycles. The zero-order chi connectivity index (χ0) is 13.3. The van der Waals surface area contributed by atoms with E-state index in [2.05, 4.69) is 15.3 Å². The highest BCUT2D eigenvalue weighted by molar-refractivity contribution is 7.91. The van der Waals surface area contributed by atoms with Crippen molar-refractivity contribution >= 4 is 33.3 Å². The smallest absolute Gasteiger partial charge is 0.231 e. The van der Waals surface area contributed by atoms with Gasteiger partial charge in [0.1, 0.15) is 5.15 Å². The predicted molar refractivity (Wildman–Crippen MR) is 67.2 cm³/mol. The Balaban J connectivity index is 2.08. The summed E-state index contributed by atoms with van der Waals surface area (Å²) < 4.78 is 22.5. The zero-order valence-electron chi connectivity index (χ0n) is 9.68. The third-order valence-electron chi connectivity index (χ3n) is 2.66. The molecule has 0 radical (unpaired) electrons. The number of aryl methyl sites for hydroxylation is 1. The molecule has 98 valence electrons. The third kappa shape index (κ3) is 3.17. The minimum Gasteiger partial charge on any atom is -0.294 e. The summed E-state index contributed by atoms with van der Waals surface area (Å²) in [6, 6.07) is 1.57. The predicted octanol–water partition coefficient (Wildman–Crippen LogP) is 0.812. The van der Waals surface area contributed by atoms with Gasteiger partial charge < -0.3 is 0 Å². The number of aromatic nitrogens is 2. The summed E-state index contributed by atoms with van der Waals surface area (Å²) in [5.41, 5.74) is 0.629. The standard InChI is InChI=1S/C10H12ClN3O3S/c1-6-4-8(11)13-10(12-6)14-9(15)7-2-3-18(16,17)5-7/h4,7H,2-3,5H2,1H3,(H,12,13,14,15). The molecule has 1 atom stereocenters. The monoisotopic (exact) mass is 289 g/mol. The number of anilines is 1. The van der Waals surface area contributed by atoms with Crippen LogP contribution in [0.25, 0.3) is 0 Å². The average molecular weight is 290 g/mol. The summed E-state index contributed by atoms with van der Waals surface area (Å²) in [5.74, 6) is -0.858. The molecular formula is C10H12ClN3O3S. The first-order valence-corrected chi connectivity index (χ1v) is 7.58. The van der Waals surface area contributed by atoms with E-state index in [1.165, 1.54) is 0 Å². The number of nitrogens with one attached hydrogen (secondary N) is 1. The van der Waals surface area contributed by atoms with Crippen LogP contribution in [0.2, 0.25) is 5.15 Å². The molecule has 0 aliphatic carbocycles. The van der Waals surface area contributed by atoms with Gasteiger partial charge in [0.15, 0.2) is 9.84 Å². The lowest BCUT2D eigenvalue weighted by atomic mass is 10.1. The normalized spacial score (nSPS) is 21.8. The number of halogens is 1. The van der Waals surface area contributed by atoms with Crippen LogP contribution >= 0.6 is 11.6 Å².